The first-order chi connectivity index (χ1) is 20.5. The number of amides is 1. The predicted octanol–water partition coefficient (Wildman–Crippen LogP) is 1.67. The lowest BCUT2D eigenvalue weighted by atomic mass is 9.57. The van der Waals surface area contributed by atoms with Gasteiger partial charge >= 0.3 is 6.36 Å². The summed E-state index contributed by atoms with van der Waals surface area (Å²) < 4.78 is 46.5. The van der Waals surface area contributed by atoms with Crippen molar-refractivity contribution in [3.05, 3.63) is 33.6 Å². The van der Waals surface area contributed by atoms with E-state index in [4.69, 9.17) is 5.73 Å². The molecular weight excluding hydrogens is 589 g/mol. The first-order valence-electron chi connectivity index (χ1n) is 14.3. The van der Waals surface area contributed by atoms with Crippen molar-refractivity contribution in [2.45, 2.75) is 50.2 Å². The Balaban J connectivity index is 1.60. The zero-order valence-electron chi connectivity index (χ0n) is 24.2. The number of anilines is 1. The number of rotatable bonds is 4. The molecule has 1 saturated carbocycles. The van der Waals surface area contributed by atoms with Gasteiger partial charge in [-0.25, -0.2) is 0 Å². The highest BCUT2D eigenvalue weighted by molar-refractivity contribution is 6.24. The number of benzene rings is 1. The van der Waals surface area contributed by atoms with E-state index in [9.17, 15) is 48.0 Å². The number of nitrogens with zero attached hydrogens (tertiary/aromatic N) is 2. The molecule has 1 amide bonds. The molecule has 44 heavy (non-hydrogen) atoms. The molecule has 1 saturated heterocycles. The summed E-state index contributed by atoms with van der Waals surface area (Å²) in [5, 5.41) is 48.9. The molecular formula is C29H33F3N4O8. The number of nitrogens with one attached hydrogen (secondary N) is 1. The Morgan fingerprint density at radius 2 is 1.93 bits per heavy atom. The van der Waals surface area contributed by atoms with Crippen LogP contribution < -0.4 is 15.8 Å². The first kappa shape index (κ1) is 30.2. The van der Waals surface area contributed by atoms with Crippen LogP contribution in [0.15, 0.2) is 16.9 Å². The summed E-state index contributed by atoms with van der Waals surface area (Å²) in [6, 6.07) is -1.84. The number of alkyl halides is 3. The highest BCUT2D eigenvalue weighted by atomic mass is 19.4. The van der Waals surface area contributed by atoms with Gasteiger partial charge < -0.3 is 36.2 Å². The van der Waals surface area contributed by atoms with Gasteiger partial charge in [0.25, 0.3) is 5.91 Å². The molecule has 5 aliphatic rings. The quantitative estimate of drug-likeness (QED) is 0.212. The van der Waals surface area contributed by atoms with Gasteiger partial charge in [0.2, 0.25) is 5.78 Å². The highest BCUT2D eigenvalue weighted by Crippen LogP contribution is 2.59. The summed E-state index contributed by atoms with van der Waals surface area (Å²) in [7, 11) is 3.27. The van der Waals surface area contributed by atoms with E-state index in [0.717, 1.165) is 0 Å². The fourth-order valence-corrected chi connectivity index (χ4v) is 8.10. The number of Topliss-reactive ketones (excluding diaryl/α,β-unsaturated/α-hetero) is 2. The zero-order chi connectivity index (χ0) is 32.2. The molecule has 1 aromatic carbocycles. The van der Waals surface area contributed by atoms with Crippen molar-refractivity contribution < 1.29 is 52.7 Å². The average molecular weight is 623 g/mol. The maximum Gasteiger partial charge on any atom is 0.573 e. The fraction of sp³-hybridized carbons (Fsp3) is 0.552. The minimum Gasteiger partial charge on any atom is -0.508 e. The molecule has 2 unspecified atom stereocenters. The van der Waals surface area contributed by atoms with Gasteiger partial charge in [-0.05, 0) is 58.3 Å². The van der Waals surface area contributed by atoms with Crippen LogP contribution in [0.5, 0.6) is 11.5 Å². The minimum absolute atomic E-state index is 0.0740. The van der Waals surface area contributed by atoms with Crippen molar-refractivity contribution in [1.29, 1.82) is 0 Å². The zero-order valence-corrected chi connectivity index (χ0v) is 24.2. The van der Waals surface area contributed by atoms with Crippen LogP contribution in [0.25, 0.3) is 5.76 Å². The Morgan fingerprint density at radius 3 is 2.55 bits per heavy atom. The summed E-state index contributed by atoms with van der Waals surface area (Å²) in [4.78, 5) is 43.1. The molecule has 0 spiro atoms. The number of carbonyl (C=O) groups is 3. The number of hydrogen-bond donors (Lipinski definition) is 6. The number of aliphatic hydroxyl groups excluding tert-OH is 2. The Kier molecular flexibility index (Phi) is 6.76. The second-order valence-electron chi connectivity index (χ2n) is 12.3. The lowest BCUT2D eigenvalue weighted by Gasteiger charge is -2.50. The van der Waals surface area contributed by atoms with Crippen molar-refractivity contribution in [3.8, 4) is 11.5 Å². The van der Waals surface area contributed by atoms with Crippen LogP contribution in [0.4, 0.5) is 18.9 Å². The number of nitrogens with two attached hydrogens (primary N) is 1. The van der Waals surface area contributed by atoms with E-state index < -0.39 is 93.1 Å². The number of primary amides is 1. The molecule has 2 heterocycles. The molecule has 238 valence electrons. The second kappa shape index (κ2) is 9.84. The number of ether oxygens (including phenoxy) is 1. The van der Waals surface area contributed by atoms with Crippen LogP contribution in [0.3, 0.4) is 0 Å². The number of phenols is 1. The maximum absolute atomic E-state index is 14.1. The van der Waals surface area contributed by atoms with E-state index in [2.05, 4.69) is 10.1 Å². The van der Waals surface area contributed by atoms with E-state index in [1.807, 2.05) is 4.90 Å². The molecule has 6 rings (SSSR count). The van der Waals surface area contributed by atoms with Gasteiger partial charge in [-0.1, -0.05) is 6.92 Å². The van der Waals surface area contributed by atoms with Crippen LogP contribution in [-0.4, -0.2) is 99.4 Å². The number of ketones is 2. The number of likely N-dealkylation sites (tertiary alicyclic amines) is 1. The Bertz CT molecular complexity index is 1570. The summed E-state index contributed by atoms with van der Waals surface area (Å²) in [6.07, 6.45) is -5.04. The second-order valence-corrected chi connectivity index (χ2v) is 12.3. The number of phenolic OH excluding ortho intramolecular Hbond substituents is 1. The van der Waals surface area contributed by atoms with Gasteiger partial charge in [0.1, 0.15) is 22.8 Å². The molecule has 7 N–H and O–H groups in total. The third-order valence-corrected chi connectivity index (χ3v) is 10.1. The molecule has 0 radical (unpaired) electrons. The fourth-order valence-electron chi connectivity index (χ4n) is 8.10. The first-order valence-corrected chi connectivity index (χ1v) is 14.3. The SMILES string of the molecule is CCN(C)[C@@H]1C(=O)C(C(N)=O)=C(O)[C@@]2(O)C(=O)C3=C(O)c4c(O)c5c(c(OC(F)(F)F)c4C[C@H]3C[C@@H]12)C1C(CCN1C)CN5. The van der Waals surface area contributed by atoms with Gasteiger partial charge in [-0.3, -0.25) is 24.2 Å². The van der Waals surface area contributed by atoms with Crippen molar-refractivity contribution >= 4 is 28.9 Å². The van der Waals surface area contributed by atoms with Gasteiger partial charge in [-0.2, -0.15) is 0 Å². The molecule has 2 fully saturated rings. The van der Waals surface area contributed by atoms with Crippen molar-refractivity contribution in [2.24, 2.45) is 23.5 Å². The predicted molar refractivity (Wildman–Crippen MR) is 148 cm³/mol. The number of aromatic hydroxyl groups is 1. The number of halogens is 3. The van der Waals surface area contributed by atoms with Crippen LogP contribution in [0.1, 0.15) is 42.5 Å². The molecule has 12 nitrogen and oxygen atoms in total. The number of likely N-dealkylation sites (N-methyl/N-ethyl adjacent to an activating group) is 1. The van der Waals surface area contributed by atoms with Crippen LogP contribution in [-0.2, 0) is 20.8 Å². The molecule has 2 aliphatic heterocycles. The Morgan fingerprint density at radius 1 is 1.25 bits per heavy atom. The standard InChI is InChI=1S/C29H33F3N4O8/c1-4-35(2)20-13-8-11-7-12-15(21(37)14(11)25(40)28(13,43)26(41)17(23(20)39)27(33)42)22(38)18-16(24(12)44-29(30,31)32)19-10(9-34-18)5-6-36(19)3/h10-11,13,19-20,34,37-38,41,43H,4-9H2,1-3H3,(H2,33,42)/t10?,11-,13-,19?,20-,28-/m0/s1. The normalized spacial score (nSPS) is 31.7. The number of carbonyl (C=O) groups excluding carboxylic acids is 3. The van der Waals surface area contributed by atoms with Crippen molar-refractivity contribution in [1.82, 2.24) is 9.80 Å². The molecule has 0 aromatic heterocycles. The van der Waals surface area contributed by atoms with Crippen LogP contribution in [0, 0.1) is 17.8 Å². The maximum atomic E-state index is 14.1. The monoisotopic (exact) mass is 622 g/mol. The molecule has 15 heteroatoms. The third kappa shape index (κ3) is 3.98. The Labute approximate surface area is 249 Å². The van der Waals surface area contributed by atoms with Crippen LogP contribution in [0.2, 0.25) is 0 Å². The number of aliphatic hydroxyl groups is 3. The van der Waals surface area contributed by atoms with E-state index in [-0.39, 0.29) is 42.1 Å². The van der Waals surface area contributed by atoms with E-state index in [1.165, 1.54) is 11.9 Å². The summed E-state index contributed by atoms with van der Waals surface area (Å²) in [5.41, 5.74) is 0.469. The summed E-state index contributed by atoms with van der Waals surface area (Å²) in [5.74, 6) is -9.34. The number of hydrogen-bond acceptors (Lipinski definition) is 11. The van der Waals surface area contributed by atoms with E-state index in [0.29, 0.717) is 19.5 Å². The van der Waals surface area contributed by atoms with Gasteiger partial charge in [0, 0.05) is 35.2 Å². The van der Waals surface area contributed by atoms with Gasteiger partial charge in [0.05, 0.1) is 17.3 Å². The van der Waals surface area contributed by atoms with E-state index in [1.54, 1.807) is 14.0 Å². The topological polar surface area (TPSA) is 186 Å². The molecule has 0 bridgehead atoms. The number of fused-ring (bicyclic) bond motifs is 6. The van der Waals surface area contributed by atoms with Crippen molar-refractivity contribution in [2.75, 3.05) is 39.0 Å². The smallest absolute Gasteiger partial charge is 0.508 e. The molecule has 6 atom stereocenters. The minimum atomic E-state index is -5.14. The van der Waals surface area contributed by atoms with Crippen LogP contribution >= 0.6 is 0 Å². The molecule has 1 aromatic rings. The van der Waals surface area contributed by atoms with Gasteiger partial charge in [-0.15, -0.1) is 13.2 Å². The Hall–Kier alpha value is -3.82. The summed E-state index contributed by atoms with van der Waals surface area (Å²) >= 11 is 0. The molecule has 3 aliphatic carbocycles. The van der Waals surface area contributed by atoms with Gasteiger partial charge in [0.15, 0.2) is 17.1 Å². The largest absolute Gasteiger partial charge is 0.573 e. The third-order valence-electron chi connectivity index (χ3n) is 10.1. The average Bonchev–Trinajstić information content (AvgIpc) is 3.32. The lowest BCUT2D eigenvalue weighted by molar-refractivity contribution is -0.275. The highest BCUT2D eigenvalue weighted by Gasteiger charge is 2.64. The van der Waals surface area contributed by atoms with Crippen molar-refractivity contribution in [3.63, 3.8) is 0 Å². The van der Waals surface area contributed by atoms with E-state index >= 15 is 0 Å². The summed E-state index contributed by atoms with van der Waals surface area (Å²) in [6.45, 7) is 2.82. The lowest BCUT2D eigenvalue weighted by Crippen LogP contribution is -2.66.